The van der Waals surface area contributed by atoms with E-state index < -0.39 is 0 Å². The number of imidazole rings is 1. The topological polar surface area (TPSA) is 56.1 Å². The molecule has 0 bridgehead atoms. The second kappa shape index (κ2) is 9.20. The van der Waals surface area contributed by atoms with Crippen LogP contribution in [0.2, 0.25) is 10.0 Å². The highest BCUT2D eigenvalue weighted by molar-refractivity contribution is 6.35. The molecule has 0 radical (unpaired) electrons. The minimum atomic E-state index is -0.220. The van der Waals surface area contributed by atoms with Crippen LogP contribution in [0.25, 0.3) is 11.0 Å². The summed E-state index contributed by atoms with van der Waals surface area (Å²) < 4.78 is 7.54. The number of aromatic nitrogens is 2. The van der Waals surface area contributed by atoms with Gasteiger partial charge in [0, 0.05) is 10.0 Å². The zero-order chi connectivity index (χ0) is 20.9. The minimum absolute atomic E-state index is 0.0622. The van der Waals surface area contributed by atoms with Gasteiger partial charge < -0.3 is 14.6 Å². The molecule has 0 aliphatic heterocycles. The summed E-state index contributed by atoms with van der Waals surface area (Å²) in [4.78, 5) is 16.9. The van der Waals surface area contributed by atoms with Crippen molar-refractivity contribution in [3.05, 3.63) is 94.2 Å². The van der Waals surface area contributed by atoms with Gasteiger partial charge in [0.25, 0.3) is 5.91 Å². The molecule has 5 nitrogen and oxygen atoms in total. The number of hydrogen-bond donors (Lipinski definition) is 1. The van der Waals surface area contributed by atoms with Crippen LogP contribution in [0.5, 0.6) is 5.75 Å². The largest absolute Gasteiger partial charge is 0.484 e. The number of benzene rings is 3. The average molecular weight is 440 g/mol. The van der Waals surface area contributed by atoms with Crippen LogP contribution in [0.4, 0.5) is 0 Å². The Morgan fingerprint density at radius 3 is 2.57 bits per heavy atom. The van der Waals surface area contributed by atoms with E-state index in [9.17, 15) is 4.79 Å². The van der Waals surface area contributed by atoms with Gasteiger partial charge in [0.05, 0.1) is 24.1 Å². The molecule has 152 valence electrons. The molecule has 30 heavy (non-hydrogen) atoms. The molecule has 1 aromatic heterocycles. The average Bonchev–Trinajstić information content (AvgIpc) is 3.11. The van der Waals surface area contributed by atoms with Crippen molar-refractivity contribution in [2.45, 2.75) is 13.1 Å². The molecule has 1 N–H and O–H groups in total. The van der Waals surface area contributed by atoms with E-state index in [-0.39, 0.29) is 19.1 Å². The van der Waals surface area contributed by atoms with Crippen LogP contribution in [0.3, 0.4) is 0 Å². The smallest absolute Gasteiger partial charge is 0.258 e. The lowest BCUT2D eigenvalue weighted by Gasteiger charge is -2.12. The van der Waals surface area contributed by atoms with E-state index in [1.807, 2.05) is 71.3 Å². The molecule has 0 aliphatic rings. The molecule has 4 aromatic rings. The number of amides is 1. The molecule has 1 heterocycles. The molecular weight excluding hydrogens is 421 g/mol. The maximum Gasteiger partial charge on any atom is 0.258 e. The van der Waals surface area contributed by atoms with E-state index in [2.05, 4.69) is 10.3 Å². The van der Waals surface area contributed by atoms with Gasteiger partial charge in [-0.15, -0.1) is 0 Å². The highest BCUT2D eigenvalue weighted by Gasteiger charge is 2.14. The van der Waals surface area contributed by atoms with Crippen molar-refractivity contribution in [3.8, 4) is 5.75 Å². The Hall–Kier alpha value is -3.02. The molecule has 3 aromatic carbocycles. The van der Waals surface area contributed by atoms with Crippen LogP contribution < -0.4 is 10.1 Å². The normalized spacial score (nSPS) is 10.9. The van der Waals surface area contributed by atoms with Gasteiger partial charge in [-0.25, -0.2) is 4.98 Å². The first-order chi connectivity index (χ1) is 14.6. The van der Waals surface area contributed by atoms with Gasteiger partial charge in [-0.05, 0) is 42.0 Å². The third-order valence-corrected chi connectivity index (χ3v) is 5.22. The Labute approximate surface area is 184 Å². The molecule has 7 heteroatoms. The summed E-state index contributed by atoms with van der Waals surface area (Å²) >= 11 is 12.4. The number of rotatable bonds is 7. The molecule has 0 atom stereocenters. The van der Waals surface area contributed by atoms with E-state index in [0.717, 1.165) is 22.4 Å². The number of para-hydroxylation sites is 3. The highest BCUT2D eigenvalue weighted by atomic mass is 35.5. The molecule has 4 rings (SSSR count). The molecule has 0 saturated carbocycles. The molecule has 0 unspecified atom stereocenters. The third-order valence-electron chi connectivity index (χ3n) is 4.63. The fourth-order valence-electron chi connectivity index (χ4n) is 3.15. The van der Waals surface area contributed by atoms with Gasteiger partial charge >= 0.3 is 0 Å². The van der Waals surface area contributed by atoms with Gasteiger partial charge in [0.15, 0.2) is 6.61 Å². The second-order valence-electron chi connectivity index (χ2n) is 6.72. The standard InChI is InChI=1S/C23H19Cl2N3O2/c24-17-11-10-16(19(25)12-17)14-28-21-9-5-4-8-20(21)27-22(28)13-26-23(29)15-30-18-6-2-1-3-7-18/h1-12H,13-15H2,(H,26,29). The van der Waals surface area contributed by atoms with E-state index >= 15 is 0 Å². The van der Waals surface area contributed by atoms with Gasteiger partial charge in [0.1, 0.15) is 11.6 Å². The predicted molar refractivity (Wildman–Crippen MR) is 119 cm³/mol. The summed E-state index contributed by atoms with van der Waals surface area (Å²) in [5, 5.41) is 4.06. The van der Waals surface area contributed by atoms with Gasteiger partial charge in [0.2, 0.25) is 0 Å². The first-order valence-corrected chi connectivity index (χ1v) is 10.2. The number of carbonyl (C=O) groups excluding carboxylic acids is 1. The van der Waals surface area contributed by atoms with Gasteiger partial charge in [-0.3, -0.25) is 4.79 Å². The third kappa shape index (κ3) is 4.75. The van der Waals surface area contributed by atoms with Crippen molar-refractivity contribution in [2.24, 2.45) is 0 Å². The van der Waals surface area contributed by atoms with Crippen molar-refractivity contribution < 1.29 is 9.53 Å². The van der Waals surface area contributed by atoms with Crippen molar-refractivity contribution >= 4 is 40.1 Å². The van der Waals surface area contributed by atoms with Crippen molar-refractivity contribution in [3.63, 3.8) is 0 Å². The first kappa shape index (κ1) is 20.3. The monoisotopic (exact) mass is 439 g/mol. The SMILES string of the molecule is O=C(COc1ccccc1)NCc1nc2ccccc2n1Cc1ccc(Cl)cc1Cl. The summed E-state index contributed by atoms with van der Waals surface area (Å²) in [7, 11) is 0. The molecule has 0 spiro atoms. The maximum atomic E-state index is 12.3. The Morgan fingerprint density at radius 2 is 1.77 bits per heavy atom. The van der Waals surface area contributed by atoms with Crippen LogP contribution in [0.15, 0.2) is 72.8 Å². The van der Waals surface area contributed by atoms with Crippen molar-refractivity contribution in [2.75, 3.05) is 6.61 Å². The summed E-state index contributed by atoms with van der Waals surface area (Å²) in [5.41, 5.74) is 2.74. The number of fused-ring (bicyclic) bond motifs is 1. The molecule has 0 fully saturated rings. The number of ether oxygens (including phenoxy) is 1. The Balaban J connectivity index is 1.50. The van der Waals surface area contributed by atoms with Crippen LogP contribution in [0.1, 0.15) is 11.4 Å². The lowest BCUT2D eigenvalue weighted by Crippen LogP contribution is -2.29. The van der Waals surface area contributed by atoms with E-state index in [0.29, 0.717) is 22.3 Å². The Kier molecular flexibility index (Phi) is 6.21. The Bertz CT molecular complexity index is 1180. The van der Waals surface area contributed by atoms with E-state index in [1.165, 1.54) is 0 Å². The summed E-state index contributed by atoms with van der Waals surface area (Å²) in [6.45, 7) is 0.729. The number of carbonyl (C=O) groups is 1. The lowest BCUT2D eigenvalue weighted by molar-refractivity contribution is -0.123. The van der Waals surface area contributed by atoms with E-state index in [4.69, 9.17) is 27.9 Å². The zero-order valence-electron chi connectivity index (χ0n) is 16.0. The van der Waals surface area contributed by atoms with E-state index in [1.54, 1.807) is 6.07 Å². The van der Waals surface area contributed by atoms with Crippen molar-refractivity contribution in [1.29, 1.82) is 0 Å². The van der Waals surface area contributed by atoms with Gasteiger partial charge in [-0.1, -0.05) is 59.6 Å². The molecular formula is C23H19Cl2N3O2. The van der Waals surface area contributed by atoms with Crippen LogP contribution in [-0.2, 0) is 17.9 Å². The summed E-state index contributed by atoms with van der Waals surface area (Å²) in [5.74, 6) is 1.16. The lowest BCUT2D eigenvalue weighted by atomic mass is 10.2. The zero-order valence-corrected chi connectivity index (χ0v) is 17.5. The first-order valence-electron chi connectivity index (χ1n) is 9.43. The van der Waals surface area contributed by atoms with Crippen LogP contribution >= 0.6 is 23.2 Å². The number of nitrogens with zero attached hydrogens (tertiary/aromatic N) is 2. The van der Waals surface area contributed by atoms with Crippen molar-refractivity contribution in [1.82, 2.24) is 14.9 Å². The maximum absolute atomic E-state index is 12.3. The summed E-state index contributed by atoms with van der Waals surface area (Å²) in [6.07, 6.45) is 0. The van der Waals surface area contributed by atoms with Crippen LogP contribution in [0, 0.1) is 0 Å². The number of hydrogen-bond acceptors (Lipinski definition) is 3. The second-order valence-corrected chi connectivity index (χ2v) is 7.56. The fraction of sp³-hybridized carbons (Fsp3) is 0.130. The number of halogens is 2. The summed E-state index contributed by atoms with van der Waals surface area (Å²) in [6, 6.07) is 22.5. The fourth-order valence-corrected chi connectivity index (χ4v) is 3.62. The highest BCUT2D eigenvalue weighted by Crippen LogP contribution is 2.24. The molecule has 0 aliphatic carbocycles. The quantitative estimate of drug-likeness (QED) is 0.436. The van der Waals surface area contributed by atoms with Gasteiger partial charge in [-0.2, -0.15) is 0 Å². The van der Waals surface area contributed by atoms with Crippen LogP contribution in [-0.4, -0.2) is 22.1 Å². The number of nitrogens with one attached hydrogen (secondary N) is 1. The Morgan fingerprint density at radius 1 is 1.00 bits per heavy atom. The minimum Gasteiger partial charge on any atom is -0.484 e. The predicted octanol–water partition coefficient (Wildman–Crippen LogP) is 5.09. The molecule has 0 saturated heterocycles. The molecule has 1 amide bonds.